The number of fused-ring (bicyclic) bond motifs is 5. The molecule has 8 atom stereocenters. The molecule has 2 N–H and O–H groups in total. The number of allylic oxidation sites excluding steroid dienone is 4. The van der Waals surface area contributed by atoms with Crippen LogP contribution in [-0.2, 0) is 23.9 Å². The minimum Gasteiger partial charge on any atom is -0.390 e. The predicted octanol–water partition coefficient (Wildman–Crippen LogP) is 1.88. The summed E-state index contributed by atoms with van der Waals surface area (Å²) in [6, 6.07) is 0. The maximum atomic E-state index is 17.0. The Hall–Kier alpha value is -1.42. The average molecular weight is 471 g/mol. The third kappa shape index (κ3) is 2.90. The molecular weight excluding hydrogens is 439 g/mol. The van der Waals surface area contributed by atoms with Crippen LogP contribution in [0.5, 0.6) is 0 Å². The first-order chi connectivity index (χ1) is 14.6. The number of ketones is 2. The van der Waals surface area contributed by atoms with Crippen molar-refractivity contribution < 1.29 is 36.8 Å². The third-order valence-electron chi connectivity index (χ3n) is 9.02. The molecule has 4 rings (SSSR count). The van der Waals surface area contributed by atoms with Gasteiger partial charge in [0.15, 0.2) is 17.2 Å². The van der Waals surface area contributed by atoms with Crippen molar-refractivity contribution in [3.05, 3.63) is 23.8 Å². The fourth-order valence-electron chi connectivity index (χ4n) is 7.32. The lowest BCUT2D eigenvalue weighted by atomic mass is 9.45. The first-order valence-corrected chi connectivity index (χ1v) is 12.8. The molecule has 0 bridgehead atoms. The molecule has 0 aliphatic heterocycles. The molecule has 9 heteroatoms. The van der Waals surface area contributed by atoms with Crippen molar-refractivity contribution in [1.82, 2.24) is 0 Å². The molecule has 2 fully saturated rings. The van der Waals surface area contributed by atoms with Crippen LogP contribution in [-0.4, -0.2) is 60.4 Å². The van der Waals surface area contributed by atoms with Crippen LogP contribution in [0.4, 0.5) is 4.39 Å². The lowest BCUT2D eigenvalue weighted by molar-refractivity contribution is -0.214. The van der Waals surface area contributed by atoms with Crippen LogP contribution in [0, 0.1) is 28.6 Å². The average Bonchev–Trinajstić information content (AvgIpc) is 2.89. The van der Waals surface area contributed by atoms with E-state index in [1.165, 1.54) is 6.08 Å². The van der Waals surface area contributed by atoms with Gasteiger partial charge < -0.3 is 10.2 Å². The molecule has 2 saturated carbocycles. The summed E-state index contributed by atoms with van der Waals surface area (Å²) >= 11 is 0. The Bertz CT molecular complexity index is 1030. The highest BCUT2D eigenvalue weighted by Crippen LogP contribution is 2.70. The van der Waals surface area contributed by atoms with E-state index < -0.39 is 68.5 Å². The molecule has 0 aromatic heterocycles. The highest BCUT2D eigenvalue weighted by Gasteiger charge is 2.75. The third-order valence-corrected chi connectivity index (χ3v) is 9.56. The Balaban J connectivity index is 1.76. The van der Waals surface area contributed by atoms with Gasteiger partial charge in [0.2, 0.25) is 0 Å². The molecule has 4 unspecified atom stereocenters. The van der Waals surface area contributed by atoms with Crippen molar-refractivity contribution in [2.24, 2.45) is 28.6 Å². The van der Waals surface area contributed by atoms with E-state index in [9.17, 15) is 28.2 Å². The molecule has 178 valence electrons. The lowest BCUT2D eigenvalue weighted by Gasteiger charge is -2.62. The quantitative estimate of drug-likeness (QED) is 0.476. The van der Waals surface area contributed by atoms with Gasteiger partial charge in [0, 0.05) is 23.2 Å². The van der Waals surface area contributed by atoms with Crippen LogP contribution in [0.2, 0.25) is 0 Å². The first-order valence-electron chi connectivity index (χ1n) is 11.0. The van der Waals surface area contributed by atoms with Gasteiger partial charge in [-0.05, 0) is 44.1 Å². The fraction of sp³-hybridized carbons (Fsp3) is 0.739. The fourth-order valence-corrected chi connectivity index (χ4v) is 7.64. The molecule has 4 aliphatic rings. The van der Waals surface area contributed by atoms with Crippen molar-refractivity contribution >= 4 is 21.7 Å². The summed E-state index contributed by atoms with van der Waals surface area (Å²) in [7, 11) is -3.89. The molecule has 0 spiro atoms. The normalized spacial score (nSPS) is 48.0. The topological polar surface area (TPSA) is 118 Å². The molecule has 0 heterocycles. The van der Waals surface area contributed by atoms with Crippen molar-refractivity contribution in [2.45, 2.75) is 63.8 Å². The van der Waals surface area contributed by atoms with Gasteiger partial charge in [-0.25, -0.2) is 4.39 Å². The van der Waals surface area contributed by atoms with E-state index in [0.29, 0.717) is 12.0 Å². The second kappa shape index (κ2) is 7.04. The maximum absolute atomic E-state index is 17.0. The summed E-state index contributed by atoms with van der Waals surface area (Å²) in [5.41, 5.74) is -5.69. The number of carbonyl (C=O) groups excluding carboxylic acids is 2. The van der Waals surface area contributed by atoms with E-state index in [-0.39, 0.29) is 25.0 Å². The van der Waals surface area contributed by atoms with E-state index in [1.807, 2.05) is 6.08 Å². The summed E-state index contributed by atoms with van der Waals surface area (Å²) in [5, 5.41) is 22.9. The largest absolute Gasteiger partial charge is 0.390 e. The molecule has 0 radical (unpaired) electrons. The van der Waals surface area contributed by atoms with Crippen molar-refractivity contribution in [3.8, 4) is 0 Å². The summed E-state index contributed by atoms with van der Waals surface area (Å²) in [5.74, 6) is -2.57. The molecule has 0 aromatic rings. The molecule has 0 saturated heterocycles. The van der Waals surface area contributed by atoms with E-state index in [0.717, 1.165) is 6.26 Å². The number of halogens is 1. The highest BCUT2D eigenvalue weighted by molar-refractivity contribution is 7.86. The van der Waals surface area contributed by atoms with Crippen LogP contribution >= 0.6 is 0 Å². The molecule has 7 nitrogen and oxygen atoms in total. The van der Waals surface area contributed by atoms with Gasteiger partial charge in [-0.1, -0.05) is 31.6 Å². The second-order valence-corrected chi connectivity index (χ2v) is 12.2. The van der Waals surface area contributed by atoms with Gasteiger partial charge in [-0.15, -0.1) is 0 Å². The van der Waals surface area contributed by atoms with Gasteiger partial charge in [-0.3, -0.25) is 13.8 Å². The summed E-state index contributed by atoms with van der Waals surface area (Å²) < 4.78 is 44.5. The van der Waals surface area contributed by atoms with Crippen LogP contribution < -0.4 is 0 Å². The number of aliphatic hydroxyl groups excluding tert-OH is 1. The van der Waals surface area contributed by atoms with Gasteiger partial charge >= 0.3 is 0 Å². The monoisotopic (exact) mass is 470 g/mol. The lowest BCUT2D eigenvalue weighted by Crippen LogP contribution is -2.69. The molecule has 32 heavy (non-hydrogen) atoms. The van der Waals surface area contributed by atoms with Crippen LogP contribution in [0.25, 0.3) is 0 Å². The SMILES string of the molecule is C[C@H]1CC2C3CC=C4CC(=O)C=CC4(C)[C@@]3(F)[C@@H](O)CC2(C)[C@@]1(O)C(=O)COS(C)(=O)=O. The maximum Gasteiger partial charge on any atom is 0.264 e. The number of rotatable bonds is 4. The predicted molar refractivity (Wildman–Crippen MR) is 114 cm³/mol. The van der Waals surface area contributed by atoms with E-state index in [2.05, 4.69) is 4.18 Å². The Morgan fingerprint density at radius 2 is 1.97 bits per heavy atom. The van der Waals surface area contributed by atoms with Gasteiger partial charge in [0.25, 0.3) is 10.1 Å². The number of aliphatic hydroxyl groups is 2. The number of alkyl halides is 1. The standard InChI is InChI=1S/C23H31FO7S/c1-13-9-17-16-6-5-14-10-15(25)7-8-20(14,2)22(16,24)18(26)11-21(17,3)23(13,28)19(27)12-31-32(4,29)30/h5,7-8,13,16-18,26,28H,6,9-12H2,1-4H3/t13-,16?,17?,18-,20?,21?,22-,23-/m0/s1. The van der Waals surface area contributed by atoms with Gasteiger partial charge in [0.1, 0.15) is 12.2 Å². The Morgan fingerprint density at radius 3 is 2.59 bits per heavy atom. The van der Waals surface area contributed by atoms with Crippen LogP contribution in [0.3, 0.4) is 0 Å². The van der Waals surface area contributed by atoms with Crippen LogP contribution in [0.15, 0.2) is 23.8 Å². The Morgan fingerprint density at radius 1 is 1.31 bits per heavy atom. The number of hydrogen-bond acceptors (Lipinski definition) is 7. The molecule has 4 aliphatic carbocycles. The van der Waals surface area contributed by atoms with E-state index in [4.69, 9.17) is 0 Å². The van der Waals surface area contributed by atoms with Crippen molar-refractivity contribution in [2.75, 3.05) is 12.9 Å². The first kappa shape index (κ1) is 23.7. The minimum atomic E-state index is -3.89. The van der Waals surface area contributed by atoms with E-state index >= 15 is 4.39 Å². The zero-order valence-electron chi connectivity index (χ0n) is 18.8. The summed E-state index contributed by atoms with van der Waals surface area (Å²) in [4.78, 5) is 25.0. The van der Waals surface area contributed by atoms with Gasteiger partial charge in [0.05, 0.1) is 12.4 Å². The zero-order chi connectivity index (χ0) is 23.9. The van der Waals surface area contributed by atoms with Crippen LogP contribution in [0.1, 0.15) is 46.5 Å². The Kier molecular flexibility index (Phi) is 5.22. The van der Waals surface area contributed by atoms with Gasteiger partial charge in [-0.2, -0.15) is 8.42 Å². The second-order valence-electron chi connectivity index (χ2n) is 10.6. The number of Topliss-reactive ketones (excluding diaryl/α,β-unsaturated/α-hetero) is 1. The molecular formula is C23H31FO7S. The zero-order valence-corrected chi connectivity index (χ0v) is 19.6. The van der Waals surface area contributed by atoms with Crippen molar-refractivity contribution in [3.63, 3.8) is 0 Å². The minimum absolute atomic E-state index is 0.105. The smallest absolute Gasteiger partial charge is 0.264 e. The summed E-state index contributed by atoms with van der Waals surface area (Å²) in [6.07, 6.45) is 4.73. The van der Waals surface area contributed by atoms with Crippen molar-refractivity contribution in [1.29, 1.82) is 0 Å². The summed E-state index contributed by atoms with van der Waals surface area (Å²) in [6.45, 7) is 4.27. The van der Waals surface area contributed by atoms with E-state index in [1.54, 1.807) is 26.8 Å². The highest BCUT2D eigenvalue weighted by atomic mass is 32.2. The molecule has 0 amide bonds. The molecule has 0 aromatic carbocycles. The Labute approximate surface area is 187 Å². The number of carbonyl (C=O) groups is 2. The number of hydrogen-bond donors (Lipinski definition) is 2.